The number of fused-ring (bicyclic) bond motifs is 1. The van der Waals surface area contributed by atoms with Gasteiger partial charge in [0.1, 0.15) is 6.33 Å². The van der Waals surface area contributed by atoms with Crippen molar-refractivity contribution in [3.63, 3.8) is 0 Å². The number of anilines is 1. The summed E-state index contributed by atoms with van der Waals surface area (Å²) < 4.78 is 7.58. The van der Waals surface area contributed by atoms with E-state index in [1.54, 1.807) is 12.4 Å². The molecular formula is C20H22Cl2N6O. The van der Waals surface area contributed by atoms with Crippen molar-refractivity contribution < 1.29 is 4.74 Å². The van der Waals surface area contributed by atoms with Crippen molar-refractivity contribution in [3.8, 4) is 11.1 Å². The van der Waals surface area contributed by atoms with Crippen molar-refractivity contribution in [2.24, 2.45) is 11.1 Å². The van der Waals surface area contributed by atoms with E-state index >= 15 is 0 Å². The Morgan fingerprint density at radius 2 is 2.03 bits per heavy atom. The maximum absolute atomic E-state index is 6.49. The standard InChI is InChI=1S/C20H22Cl2N6O/c1-12-16(13-3-2-4-14(21)17(13)22)18-26-24-11-28(18)19(25-12)27-7-5-20(6-8-27)10-29-9-15(20)23/h2-4,11,15H,5-10,23H2,1H3/t15-/m1/s1. The Morgan fingerprint density at radius 1 is 1.24 bits per heavy atom. The van der Waals surface area contributed by atoms with Gasteiger partial charge in [-0.2, -0.15) is 0 Å². The van der Waals surface area contributed by atoms with Crippen LogP contribution in [0.4, 0.5) is 5.95 Å². The fourth-order valence-corrected chi connectivity index (χ4v) is 4.94. The summed E-state index contributed by atoms with van der Waals surface area (Å²) in [7, 11) is 0. The molecule has 7 nitrogen and oxygen atoms in total. The fourth-order valence-electron chi connectivity index (χ4n) is 4.55. The van der Waals surface area contributed by atoms with Crippen LogP contribution in [0.2, 0.25) is 10.0 Å². The summed E-state index contributed by atoms with van der Waals surface area (Å²) in [6, 6.07) is 5.69. The molecule has 5 rings (SSSR count). The maximum Gasteiger partial charge on any atom is 0.212 e. The fraction of sp³-hybridized carbons (Fsp3) is 0.450. The number of ether oxygens (including phenoxy) is 1. The van der Waals surface area contributed by atoms with E-state index in [2.05, 4.69) is 15.1 Å². The quantitative estimate of drug-likeness (QED) is 0.668. The molecule has 2 fully saturated rings. The minimum absolute atomic E-state index is 0.0894. The van der Waals surface area contributed by atoms with E-state index in [4.69, 9.17) is 38.7 Å². The van der Waals surface area contributed by atoms with Crippen LogP contribution in [0.25, 0.3) is 16.8 Å². The van der Waals surface area contributed by atoms with Gasteiger partial charge >= 0.3 is 0 Å². The van der Waals surface area contributed by atoms with Crippen LogP contribution in [0.1, 0.15) is 18.5 Å². The van der Waals surface area contributed by atoms with Crippen LogP contribution < -0.4 is 10.6 Å². The van der Waals surface area contributed by atoms with E-state index in [-0.39, 0.29) is 11.5 Å². The molecule has 0 unspecified atom stereocenters. The van der Waals surface area contributed by atoms with Gasteiger partial charge in [-0.1, -0.05) is 35.3 Å². The smallest absolute Gasteiger partial charge is 0.212 e. The first kappa shape index (κ1) is 19.1. The molecule has 2 saturated heterocycles. The van der Waals surface area contributed by atoms with E-state index in [9.17, 15) is 0 Å². The molecule has 1 aromatic carbocycles. The summed E-state index contributed by atoms with van der Waals surface area (Å²) in [4.78, 5) is 7.20. The van der Waals surface area contributed by atoms with Crippen LogP contribution in [0.5, 0.6) is 0 Å². The topological polar surface area (TPSA) is 81.6 Å². The molecule has 3 aromatic rings. The summed E-state index contributed by atoms with van der Waals surface area (Å²) >= 11 is 12.7. The Hall–Kier alpha value is -1.93. The van der Waals surface area contributed by atoms with Crippen molar-refractivity contribution in [1.29, 1.82) is 0 Å². The number of aryl methyl sites for hydroxylation is 1. The molecule has 0 bridgehead atoms. The number of rotatable bonds is 2. The lowest BCUT2D eigenvalue weighted by atomic mass is 9.75. The zero-order valence-corrected chi connectivity index (χ0v) is 17.6. The molecule has 29 heavy (non-hydrogen) atoms. The Morgan fingerprint density at radius 3 is 2.76 bits per heavy atom. The first-order valence-corrected chi connectivity index (χ1v) is 10.5. The van der Waals surface area contributed by atoms with Crippen molar-refractivity contribution in [3.05, 3.63) is 40.3 Å². The summed E-state index contributed by atoms with van der Waals surface area (Å²) in [6.07, 6.45) is 3.68. The van der Waals surface area contributed by atoms with Crippen LogP contribution >= 0.6 is 23.2 Å². The SMILES string of the molecule is Cc1nc(N2CCC3(CC2)COC[C@H]3N)n2cnnc2c1-c1cccc(Cl)c1Cl. The van der Waals surface area contributed by atoms with Crippen molar-refractivity contribution in [2.45, 2.75) is 25.8 Å². The van der Waals surface area contributed by atoms with Crippen LogP contribution in [0.15, 0.2) is 24.5 Å². The van der Waals surface area contributed by atoms with Crippen molar-refractivity contribution >= 4 is 34.8 Å². The third-order valence-corrected chi connectivity index (χ3v) is 7.17. The minimum atomic E-state index is 0.0894. The normalized spacial score (nSPS) is 21.4. The monoisotopic (exact) mass is 432 g/mol. The van der Waals surface area contributed by atoms with Gasteiger partial charge in [0.2, 0.25) is 5.95 Å². The van der Waals surface area contributed by atoms with E-state index < -0.39 is 0 Å². The predicted molar refractivity (Wildman–Crippen MR) is 114 cm³/mol. The van der Waals surface area contributed by atoms with E-state index in [1.807, 2.05) is 23.5 Å². The number of piperidine rings is 1. The third kappa shape index (κ3) is 2.99. The Kier molecular flexibility index (Phi) is 4.66. The molecule has 0 radical (unpaired) electrons. The molecule has 2 aliphatic rings. The first-order valence-electron chi connectivity index (χ1n) is 9.73. The number of hydrogen-bond donors (Lipinski definition) is 1. The molecule has 2 aliphatic heterocycles. The lowest BCUT2D eigenvalue weighted by Crippen LogP contribution is -2.49. The minimum Gasteiger partial charge on any atom is -0.379 e. The van der Waals surface area contributed by atoms with Crippen LogP contribution in [0, 0.1) is 12.3 Å². The van der Waals surface area contributed by atoms with E-state index in [0.717, 1.165) is 61.0 Å². The Balaban J connectivity index is 1.54. The highest BCUT2D eigenvalue weighted by Crippen LogP contribution is 2.41. The number of nitrogens with two attached hydrogens (primary N) is 1. The second-order valence-electron chi connectivity index (χ2n) is 7.97. The van der Waals surface area contributed by atoms with Crippen LogP contribution in [0.3, 0.4) is 0 Å². The molecule has 0 saturated carbocycles. The Labute approximate surface area is 178 Å². The largest absolute Gasteiger partial charge is 0.379 e. The van der Waals surface area contributed by atoms with Gasteiger partial charge in [0.05, 0.1) is 29.0 Å². The van der Waals surface area contributed by atoms with Crippen molar-refractivity contribution in [2.75, 3.05) is 31.2 Å². The molecular weight excluding hydrogens is 411 g/mol. The molecule has 2 N–H and O–H groups in total. The summed E-state index contributed by atoms with van der Waals surface area (Å²) in [5.41, 5.74) is 9.63. The molecule has 9 heteroatoms. The zero-order chi connectivity index (χ0) is 20.2. The van der Waals surface area contributed by atoms with Gasteiger partial charge in [0.15, 0.2) is 5.65 Å². The number of halogens is 2. The maximum atomic E-state index is 6.49. The lowest BCUT2D eigenvalue weighted by molar-refractivity contribution is 0.131. The first-order chi connectivity index (χ1) is 14.0. The Bertz CT molecular complexity index is 1080. The molecule has 152 valence electrons. The van der Waals surface area contributed by atoms with Gasteiger partial charge in [0, 0.05) is 35.7 Å². The second-order valence-corrected chi connectivity index (χ2v) is 8.75. The number of benzene rings is 1. The molecule has 2 aromatic heterocycles. The molecule has 1 spiro atoms. The van der Waals surface area contributed by atoms with E-state index in [1.165, 1.54) is 0 Å². The average molecular weight is 433 g/mol. The third-order valence-electron chi connectivity index (χ3n) is 6.35. The predicted octanol–water partition coefficient (Wildman–Crippen LogP) is 3.35. The van der Waals surface area contributed by atoms with Crippen LogP contribution in [-0.4, -0.2) is 51.9 Å². The number of hydrogen-bond acceptors (Lipinski definition) is 6. The summed E-state index contributed by atoms with van der Waals surface area (Å²) in [6.45, 7) is 5.11. The lowest BCUT2D eigenvalue weighted by Gasteiger charge is -2.41. The van der Waals surface area contributed by atoms with Crippen LogP contribution in [-0.2, 0) is 4.74 Å². The van der Waals surface area contributed by atoms with Gasteiger partial charge in [0.25, 0.3) is 0 Å². The highest BCUT2D eigenvalue weighted by molar-refractivity contribution is 6.43. The number of aromatic nitrogens is 4. The van der Waals surface area contributed by atoms with Gasteiger partial charge in [-0.15, -0.1) is 10.2 Å². The molecule has 1 atom stereocenters. The average Bonchev–Trinajstić information content (AvgIpc) is 3.33. The highest BCUT2D eigenvalue weighted by Gasteiger charge is 2.44. The van der Waals surface area contributed by atoms with E-state index in [0.29, 0.717) is 16.7 Å². The second kappa shape index (κ2) is 7.09. The zero-order valence-electron chi connectivity index (χ0n) is 16.1. The molecule has 0 aliphatic carbocycles. The summed E-state index contributed by atoms with van der Waals surface area (Å²) in [5.74, 6) is 0.840. The van der Waals surface area contributed by atoms with Crippen molar-refractivity contribution in [1.82, 2.24) is 19.6 Å². The highest BCUT2D eigenvalue weighted by atomic mass is 35.5. The number of nitrogens with zero attached hydrogens (tertiary/aromatic N) is 5. The van der Waals surface area contributed by atoms with Gasteiger partial charge in [-0.05, 0) is 25.8 Å². The molecule has 4 heterocycles. The van der Waals surface area contributed by atoms with Gasteiger partial charge in [-0.25, -0.2) is 4.98 Å². The van der Waals surface area contributed by atoms with Gasteiger partial charge in [-0.3, -0.25) is 4.40 Å². The van der Waals surface area contributed by atoms with Gasteiger partial charge < -0.3 is 15.4 Å². The molecule has 0 amide bonds. The summed E-state index contributed by atoms with van der Waals surface area (Å²) in [5, 5.41) is 9.51.